The highest BCUT2D eigenvalue weighted by Gasteiger charge is 2.28. The number of amides is 1. The van der Waals surface area contributed by atoms with Crippen molar-refractivity contribution in [3.8, 4) is 0 Å². The lowest BCUT2D eigenvalue weighted by Gasteiger charge is -2.24. The monoisotopic (exact) mass is 540 g/mol. The lowest BCUT2D eigenvalue weighted by atomic mass is 10.1. The summed E-state index contributed by atoms with van der Waals surface area (Å²) in [5, 5.41) is 10.9. The Morgan fingerprint density at radius 1 is 1.12 bits per heavy atom. The van der Waals surface area contributed by atoms with Crippen molar-refractivity contribution in [3.05, 3.63) is 58.6 Å². The first-order valence-corrected chi connectivity index (χ1v) is 13.4. The zero-order valence-electron chi connectivity index (χ0n) is 18.4. The van der Waals surface area contributed by atoms with Gasteiger partial charge in [0.15, 0.2) is 4.34 Å². The van der Waals surface area contributed by atoms with Crippen molar-refractivity contribution < 1.29 is 22.7 Å². The van der Waals surface area contributed by atoms with Gasteiger partial charge in [0.05, 0.1) is 23.4 Å². The molecule has 1 aromatic heterocycles. The number of esters is 1. The van der Waals surface area contributed by atoms with Crippen molar-refractivity contribution in [1.82, 2.24) is 10.2 Å². The lowest BCUT2D eigenvalue weighted by Crippen LogP contribution is -2.38. The number of nitrogens with zero attached hydrogens (tertiary/aromatic N) is 3. The van der Waals surface area contributed by atoms with Crippen molar-refractivity contribution >= 4 is 67.4 Å². The van der Waals surface area contributed by atoms with Crippen LogP contribution in [0.5, 0.6) is 0 Å². The van der Waals surface area contributed by atoms with Crippen molar-refractivity contribution in [2.24, 2.45) is 0 Å². The summed E-state index contributed by atoms with van der Waals surface area (Å²) in [6, 6.07) is 10.9. The summed E-state index contributed by atoms with van der Waals surface area (Å²) in [4.78, 5) is 24.1. The number of aromatic nitrogens is 2. The zero-order valence-corrected chi connectivity index (χ0v) is 21.6. The number of ether oxygens (including phenoxy) is 1. The van der Waals surface area contributed by atoms with E-state index >= 15 is 0 Å². The molecule has 180 valence electrons. The van der Waals surface area contributed by atoms with Gasteiger partial charge in [-0.3, -0.25) is 19.2 Å². The van der Waals surface area contributed by atoms with Crippen LogP contribution in [0, 0.1) is 13.8 Å². The fourth-order valence-corrected chi connectivity index (χ4v) is 5.86. The van der Waals surface area contributed by atoms with Crippen LogP contribution in [-0.4, -0.2) is 49.9 Å². The third kappa shape index (κ3) is 6.47. The van der Waals surface area contributed by atoms with Crippen LogP contribution in [0.4, 0.5) is 10.8 Å². The molecule has 3 rings (SSSR count). The summed E-state index contributed by atoms with van der Waals surface area (Å²) in [5.41, 5.74) is 2.22. The van der Waals surface area contributed by atoms with Crippen molar-refractivity contribution in [2.45, 2.75) is 23.1 Å². The van der Waals surface area contributed by atoms with E-state index in [9.17, 15) is 18.0 Å². The summed E-state index contributed by atoms with van der Waals surface area (Å²) in [6.45, 7) is 3.29. The van der Waals surface area contributed by atoms with Gasteiger partial charge in [-0.1, -0.05) is 40.8 Å². The molecule has 0 saturated carbocycles. The van der Waals surface area contributed by atoms with Crippen LogP contribution >= 0.6 is 34.7 Å². The second kappa shape index (κ2) is 11.2. The number of hydrogen-bond donors (Lipinski definition) is 1. The fraction of sp³-hybridized carbons (Fsp3) is 0.238. The average Bonchev–Trinajstić information content (AvgIpc) is 3.25. The fourth-order valence-electron chi connectivity index (χ4n) is 2.72. The SMILES string of the molecule is COC(=O)CSc1nnc(NC(=O)CN(c2ccc(C)c(C)c2)S(=O)(=O)c2ccc(Cl)cc2)s1. The van der Waals surface area contributed by atoms with E-state index < -0.39 is 28.4 Å². The number of halogens is 1. The molecule has 0 atom stereocenters. The van der Waals surface area contributed by atoms with Crippen LogP contribution < -0.4 is 9.62 Å². The number of nitrogens with one attached hydrogen (secondary N) is 1. The largest absolute Gasteiger partial charge is 0.468 e. The van der Waals surface area contributed by atoms with E-state index in [1.54, 1.807) is 18.2 Å². The van der Waals surface area contributed by atoms with Gasteiger partial charge in [0, 0.05) is 5.02 Å². The Morgan fingerprint density at radius 3 is 2.47 bits per heavy atom. The Labute approximate surface area is 210 Å². The molecule has 3 aromatic rings. The van der Waals surface area contributed by atoms with Gasteiger partial charge < -0.3 is 4.74 Å². The third-order valence-corrected chi connectivity index (χ3v) is 8.65. The Balaban J connectivity index is 1.83. The highest BCUT2D eigenvalue weighted by Crippen LogP contribution is 2.28. The maximum atomic E-state index is 13.4. The molecule has 0 fully saturated rings. The molecule has 9 nitrogen and oxygen atoms in total. The van der Waals surface area contributed by atoms with Gasteiger partial charge in [0.1, 0.15) is 6.54 Å². The predicted molar refractivity (Wildman–Crippen MR) is 133 cm³/mol. The molecule has 0 spiro atoms. The topological polar surface area (TPSA) is 119 Å². The normalized spacial score (nSPS) is 11.2. The number of carbonyl (C=O) groups is 2. The van der Waals surface area contributed by atoms with Crippen LogP contribution in [0.15, 0.2) is 51.7 Å². The van der Waals surface area contributed by atoms with E-state index in [1.807, 2.05) is 13.8 Å². The van der Waals surface area contributed by atoms with Crippen LogP contribution in [-0.2, 0) is 24.3 Å². The first-order valence-electron chi connectivity index (χ1n) is 9.78. The van der Waals surface area contributed by atoms with Gasteiger partial charge in [0.2, 0.25) is 11.0 Å². The van der Waals surface area contributed by atoms with Crippen LogP contribution in [0.1, 0.15) is 11.1 Å². The summed E-state index contributed by atoms with van der Waals surface area (Å²) < 4.78 is 32.9. The third-order valence-electron chi connectivity index (χ3n) is 4.66. The maximum Gasteiger partial charge on any atom is 0.316 e. The molecule has 0 bridgehead atoms. The number of benzene rings is 2. The zero-order chi connectivity index (χ0) is 24.9. The Bertz CT molecular complexity index is 1300. The van der Waals surface area contributed by atoms with E-state index in [4.69, 9.17) is 11.6 Å². The minimum Gasteiger partial charge on any atom is -0.468 e. The number of carbonyl (C=O) groups excluding carboxylic acids is 2. The van der Waals surface area contributed by atoms with E-state index in [-0.39, 0.29) is 15.8 Å². The number of thioether (sulfide) groups is 1. The molecule has 0 saturated heterocycles. The van der Waals surface area contributed by atoms with Gasteiger partial charge in [-0.25, -0.2) is 8.42 Å². The summed E-state index contributed by atoms with van der Waals surface area (Å²) in [7, 11) is -2.79. The second-order valence-electron chi connectivity index (χ2n) is 7.02. The molecule has 0 unspecified atom stereocenters. The summed E-state index contributed by atoms with van der Waals surface area (Å²) in [6.07, 6.45) is 0. The highest BCUT2D eigenvalue weighted by atomic mass is 35.5. The molecule has 0 aliphatic carbocycles. The molecule has 13 heteroatoms. The lowest BCUT2D eigenvalue weighted by molar-refractivity contribution is -0.137. The minimum atomic E-state index is -4.08. The predicted octanol–water partition coefficient (Wildman–Crippen LogP) is 3.91. The molecule has 0 aliphatic rings. The standard InChI is InChI=1S/C21H21ClN4O5S3/c1-13-4-7-16(10-14(13)2)26(34(29,30)17-8-5-15(22)6-9-17)11-18(27)23-20-24-25-21(33-20)32-12-19(28)31-3/h4-10H,11-12H2,1-3H3,(H,23,24,27). The summed E-state index contributed by atoms with van der Waals surface area (Å²) in [5.74, 6) is -0.961. The van der Waals surface area contributed by atoms with Gasteiger partial charge in [-0.15, -0.1) is 10.2 Å². The number of sulfonamides is 1. The Kier molecular flexibility index (Phi) is 8.52. The molecule has 0 aliphatic heterocycles. The molecule has 1 amide bonds. The van der Waals surface area contributed by atoms with E-state index in [0.29, 0.717) is 15.0 Å². The van der Waals surface area contributed by atoms with E-state index in [2.05, 4.69) is 20.3 Å². The molecule has 1 heterocycles. The van der Waals surface area contributed by atoms with Gasteiger partial charge in [-0.05, 0) is 61.4 Å². The molecule has 0 radical (unpaired) electrons. The van der Waals surface area contributed by atoms with Gasteiger partial charge in [-0.2, -0.15) is 0 Å². The smallest absolute Gasteiger partial charge is 0.316 e. The van der Waals surface area contributed by atoms with Gasteiger partial charge in [0.25, 0.3) is 10.0 Å². The van der Waals surface area contributed by atoms with Crippen LogP contribution in [0.25, 0.3) is 0 Å². The van der Waals surface area contributed by atoms with E-state index in [0.717, 1.165) is 38.5 Å². The molecular formula is C21H21ClN4O5S3. The summed E-state index contributed by atoms with van der Waals surface area (Å²) >= 11 is 8.09. The average molecular weight is 541 g/mol. The maximum absolute atomic E-state index is 13.4. The molecular weight excluding hydrogens is 520 g/mol. The van der Waals surface area contributed by atoms with Crippen LogP contribution in [0.3, 0.4) is 0 Å². The highest BCUT2D eigenvalue weighted by molar-refractivity contribution is 8.01. The number of methoxy groups -OCH3 is 1. The minimum absolute atomic E-state index is 0.000315. The van der Waals surface area contributed by atoms with Crippen molar-refractivity contribution in [2.75, 3.05) is 29.0 Å². The molecule has 1 N–H and O–H groups in total. The van der Waals surface area contributed by atoms with Crippen LogP contribution in [0.2, 0.25) is 5.02 Å². The van der Waals surface area contributed by atoms with Crippen molar-refractivity contribution in [3.63, 3.8) is 0 Å². The Hall–Kier alpha value is -2.67. The first kappa shape index (κ1) is 25.9. The number of anilines is 2. The van der Waals surface area contributed by atoms with Gasteiger partial charge >= 0.3 is 5.97 Å². The number of aryl methyl sites for hydroxylation is 2. The quantitative estimate of drug-likeness (QED) is 0.246. The van der Waals surface area contributed by atoms with E-state index in [1.165, 1.54) is 31.4 Å². The second-order valence-corrected chi connectivity index (χ2v) is 11.5. The Morgan fingerprint density at radius 2 is 1.82 bits per heavy atom. The molecule has 34 heavy (non-hydrogen) atoms. The number of hydrogen-bond acceptors (Lipinski definition) is 9. The first-order chi connectivity index (χ1) is 16.1. The number of rotatable bonds is 9. The van der Waals surface area contributed by atoms with Crippen molar-refractivity contribution in [1.29, 1.82) is 0 Å². The molecule has 2 aromatic carbocycles.